The first-order chi connectivity index (χ1) is 12.5. The van der Waals surface area contributed by atoms with E-state index in [-0.39, 0.29) is 12.1 Å². The summed E-state index contributed by atoms with van der Waals surface area (Å²) < 4.78 is 5.70. The van der Waals surface area contributed by atoms with Gasteiger partial charge < -0.3 is 15.0 Å². The van der Waals surface area contributed by atoms with Crippen molar-refractivity contribution in [3.63, 3.8) is 0 Å². The van der Waals surface area contributed by atoms with Gasteiger partial charge in [-0.3, -0.25) is 19.6 Å². The molecule has 0 atom stereocenters. The van der Waals surface area contributed by atoms with Gasteiger partial charge in [0.15, 0.2) is 0 Å². The molecule has 0 aromatic carbocycles. The summed E-state index contributed by atoms with van der Waals surface area (Å²) in [4.78, 5) is 47.3. The van der Waals surface area contributed by atoms with Crippen molar-refractivity contribution < 1.29 is 9.53 Å². The Labute approximate surface area is 147 Å². The molecule has 0 aliphatic rings. The molecule has 0 radical (unpaired) electrons. The molecule has 3 aromatic heterocycles. The number of H-pyrrole nitrogens is 2. The largest absolute Gasteiger partial charge is 0.437 e. The molecule has 3 rings (SSSR count). The molecule has 3 heterocycles. The molecular weight excluding hydrogens is 338 g/mol. The minimum atomic E-state index is -0.764. The van der Waals surface area contributed by atoms with E-state index in [0.29, 0.717) is 17.2 Å². The van der Waals surface area contributed by atoms with Crippen LogP contribution >= 0.6 is 0 Å². The van der Waals surface area contributed by atoms with E-state index in [1.165, 1.54) is 0 Å². The topological polar surface area (TPSA) is 130 Å². The Morgan fingerprint density at radius 2 is 2.08 bits per heavy atom. The normalized spacial score (nSPS) is 10.3. The summed E-state index contributed by atoms with van der Waals surface area (Å²) in [5.41, 5.74) is -0.168. The van der Waals surface area contributed by atoms with Crippen LogP contribution in [-0.4, -0.2) is 25.8 Å². The number of nitrogens with zero attached hydrogens (tertiary/aromatic N) is 2. The zero-order valence-electron chi connectivity index (χ0n) is 13.8. The number of hydrogen-bond acceptors (Lipinski definition) is 6. The van der Waals surface area contributed by atoms with Gasteiger partial charge in [0.2, 0.25) is 5.88 Å². The van der Waals surface area contributed by atoms with Crippen LogP contribution in [-0.2, 0) is 6.54 Å². The highest BCUT2D eigenvalue weighted by atomic mass is 16.5. The fraction of sp³-hybridized carbons (Fsp3) is 0.118. The van der Waals surface area contributed by atoms with E-state index in [1.54, 1.807) is 30.6 Å². The molecular formula is C17H15N5O4. The van der Waals surface area contributed by atoms with Gasteiger partial charge in [0.05, 0.1) is 6.20 Å². The van der Waals surface area contributed by atoms with E-state index in [9.17, 15) is 14.4 Å². The van der Waals surface area contributed by atoms with Crippen molar-refractivity contribution in [1.29, 1.82) is 0 Å². The number of ether oxygens (including phenoxy) is 1. The fourth-order valence-electron chi connectivity index (χ4n) is 2.13. The Morgan fingerprint density at radius 1 is 1.23 bits per heavy atom. The van der Waals surface area contributed by atoms with Crippen molar-refractivity contribution in [3.8, 4) is 11.6 Å². The van der Waals surface area contributed by atoms with Gasteiger partial charge in [-0.25, -0.2) is 9.78 Å². The van der Waals surface area contributed by atoms with Gasteiger partial charge in [-0.2, -0.15) is 0 Å². The number of rotatable bonds is 5. The van der Waals surface area contributed by atoms with Gasteiger partial charge in [-0.1, -0.05) is 6.07 Å². The van der Waals surface area contributed by atoms with Crippen LogP contribution in [0.3, 0.4) is 0 Å². The second-order valence-electron chi connectivity index (χ2n) is 5.37. The zero-order chi connectivity index (χ0) is 18.5. The molecule has 3 aromatic rings. The maximum absolute atomic E-state index is 12.1. The van der Waals surface area contributed by atoms with Crippen LogP contribution in [0.25, 0.3) is 0 Å². The van der Waals surface area contributed by atoms with Gasteiger partial charge in [-0.15, -0.1) is 0 Å². The minimum absolute atomic E-state index is 0.0832. The third kappa shape index (κ3) is 4.01. The van der Waals surface area contributed by atoms with Crippen molar-refractivity contribution in [1.82, 2.24) is 25.3 Å². The molecule has 3 N–H and O–H groups in total. The highest BCUT2D eigenvalue weighted by Crippen LogP contribution is 2.22. The maximum atomic E-state index is 12.1. The number of carbonyl (C=O) groups excluding carboxylic acids is 1. The predicted octanol–water partition coefficient (Wildman–Crippen LogP) is 0.884. The Morgan fingerprint density at radius 3 is 2.81 bits per heavy atom. The lowest BCUT2D eigenvalue weighted by atomic mass is 10.2. The Balaban J connectivity index is 1.74. The summed E-state index contributed by atoms with van der Waals surface area (Å²) in [6, 6.07) is 7.01. The quantitative estimate of drug-likeness (QED) is 0.624. The fourth-order valence-corrected chi connectivity index (χ4v) is 2.13. The predicted molar refractivity (Wildman–Crippen MR) is 92.1 cm³/mol. The zero-order valence-corrected chi connectivity index (χ0v) is 13.8. The van der Waals surface area contributed by atoms with Crippen LogP contribution in [0.5, 0.6) is 11.6 Å². The van der Waals surface area contributed by atoms with Crippen LogP contribution in [0, 0.1) is 6.92 Å². The molecule has 0 fully saturated rings. The Bertz CT molecular complexity index is 1040. The van der Waals surface area contributed by atoms with E-state index in [2.05, 4.69) is 20.3 Å². The number of pyridine rings is 2. The molecule has 0 unspecified atom stereocenters. The molecule has 1 amide bonds. The lowest BCUT2D eigenvalue weighted by Crippen LogP contribution is -2.33. The number of aryl methyl sites for hydroxylation is 1. The highest BCUT2D eigenvalue weighted by Gasteiger charge is 2.13. The second-order valence-corrected chi connectivity index (χ2v) is 5.37. The monoisotopic (exact) mass is 353 g/mol. The molecule has 9 heteroatoms. The first-order valence-electron chi connectivity index (χ1n) is 7.67. The summed E-state index contributed by atoms with van der Waals surface area (Å²) in [5, 5.41) is 2.59. The van der Waals surface area contributed by atoms with E-state index in [4.69, 9.17) is 4.74 Å². The third-order valence-corrected chi connectivity index (χ3v) is 3.45. The van der Waals surface area contributed by atoms with Crippen LogP contribution in [0.2, 0.25) is 0 Å². The standard InChI is InChI=1S/C17H15N5O4/c1-10-4-5-12(8-19-10)26-16-11(3-2-6-18-16)7-20-14(23)13-9-21-17(25)22-15(13)24/h2-6,8-9H,7H2,1H3,(H,20,23)(H2,21,22,24,25). The molecule has 9 nitrogen and oxygen atoms in total. The highest BCUT2D eigenvalue weighted by molar-refractivity contribution is 5.93. The van der Waals surface area contributed by atoms with Crippen LogP contribution in [0.4, 0.5) is 0 Å². The summed E-state index contributed by atoms with van der Waals surface area (Å²) in [7, 11) is 0. The minimum Gasteiger partial charge on any atom is -0.437 e. The van der Waals surface area contributed by atoms with Crippen molar-refractivity contribution in [2.75, 3.05) is 0 Å². The SMILES string of the molecule is Cc1ccc(Oc2ncccc2CNC(=O)c2c[nH]c(=O)[nH]c2=O)cn1. The molecule has 0 aliphatic heterocycles. The number of hydrogen-bond donors (Lipinski definition) is 3. The number of amides is 1. The van der Waals surface area contributed by atoms with Gasteiger partial charge in [0.25, 0.3) is 11.5 Å². The van der Waals surface area contributed by atoms with Gasteiger partial charge in [-0.05, 0) is 25.1 Å². The molecule has 26 heavy (non-hydrogen) atoms. The number of nitrogens with one attached hydrogen (secondary N) is 3. The molecule has 0 aliphatic carbocycles. The van der Waals surface area contributed by atoms with E-state index in [0.717, 1.165) is 11.9 Å². The molecule has 0 saturated carbocycles. The lowest BCUT2D eigenvalue weighted by molar-refractivity contribution is 0.0948. The van der Waals surface area contributed by atoms with Crippen molar-refractivity contribution in [2.24, 2.45) is 0 Å². The average molecular weight is 353 g/mol. The van der Waals surface area contributed by atoms with Crippen LogP contribution in [0.1, 0.15) is 21.6 Å². The van der Waals surface area contributed by atoms with E-state index in [1.807, 2.05) is 18.0 Å². The summed E-state index contributed by atoms with van der Waals surface area (Å²) in [6.45, 7) is 1.95. The third-order valence-electron chi connectivity index (χ3n) is 3.45. The Hall–Kier alpha value is -3.75. The first kappa shape index (κ1) is 17.1. The van der Waals surface area contributed by atoms with E-state index < -0.39 is 17.2 Å². The summed E-state index contributed by atoms with van der Waals surface area (Å²) >= 11 is 0. The van der Waals surface area contributed by atoms with Crippen molar-refractivity contribution >= 4 is 5.91 Å². The average Bonchev–Trinajstić information content (AvgIpc) is 2.62. The molecule has 0 saturated heterocycles. The summed E-state index contributed by atoms with van der Waals surface area (Å²) in [6.07, 6.45) is 4.20. The second kappa shape index (κ2) is 7.43. The number of carbonyl (C=O) groups is 1. The van der Waals surface area contributed by atoms with Crippen LogP contribution < -0.4 is 21.3 Å². The molecule has 0 bridgehead atoms. The van der Waals surface area contributed by atoms with Gasteiger partial charge in [0, 0.05) is 30.2 Å². The summed E-state index contributed by atoms with van der Waals surface area (Å²) in [5.74, 6) is 0.196. The Kier molecular flexibility index (Phi) is 4.88. The number of aromatic amines is 2. The smallest absolute Gasteiger partial charge is 0.325 e. The number of aromatic nitrogens is 4. The lowest BCUT2D eigenvalue weighted by Gasteiger charge is -2.10. The van der Waals surface area contributed by atoms with Crippen molar-refractivity contribution in [2.45, 2.75) is 13.5 Å². The van der Waals surface area contributed by atoms with Gasteiger partial charge in [0.1, 0.15) is 11.3 Å². The molecule has 132 valence electrons. The van der Waals surface area contributed by atoms with Crippen LogP contribution in [0.15, 0.2) is 52.4 Å². The van der Waals surface area contributed by atoms with E-state index >= 15 is 0 Å². The van der Waals surface area contributed by atoms with Gasteiger partial charge >= 0.3 is 5.69 Å². The molecule has 0 spiro atoms. The first-order valence-corrected chi connectivity index (χ1v) is 7.67. The van der Waals surface area contributed by atoms with Crippen molar-refractivity contribution in [3.05, 3.63) is 80.5 Å². The maximum Gasteiger partial charge on any atom is 0.325 e.